The molecule has 3 aromatic rings. The molecule has 1 aromatic carbocycles. The SMILES string of the molecule is CCOC(=O)Cn1c(=O)c2cnc(-c3ccc(Cl)cc3)nc2n(CC)c1=O. The van der Waals surface area contributed by atoms with Crippen LogP contribution in [0.4, 0.5) is 0 Å². The van der Waals surface area contributed by atoms with E-state index in [1.54, 1.807) is 38.1 Å². The van der Waals surface area contributed by atoms with Crippen LogP contribution in [0.15, 0.2) is 40.1 Å². The van der Waals surface area contributed by atoms with Crippen molar-refractivity contribution in [3.63, 3.8) is 0 Å². The van der Waals surface area contributed by atoms with Gasteiger partial charge in [-0.25, -0.2) is 19.3 Å². The zero-order valence-electron chi connectivity index (χ0n) is 14.8. The van der Waals surface area contributed by atoms with E-state index in [1.807, 2.05) is 0 Å². The maximum Gasteiger partial charge on any atom is 0.333 e. The molecule has 0 N–H and O–H groups in total. The van der Waals surface area contributed by atoms with Crippen molar-refractivity contribution in [2.75, 3.05) is 6.61 Å². The van der Waals surface area contributed by atoms with Crippen LogP contribution in [0, 0.1) is 0 Å². The van der Waals surface area contributed by atoms with E-state index in [0.29, 0.717) is 16.4 Å². The number of ether oxygens (including phenoxy) is 1. The zero-order chi connectivity index (χ0) is 19.6. The number of nitrogens with zero attached hydrogens (tertiary/aromatic N) is 4. The van der Waals surface area contributed by atoms with Crippen molar-refractivity contribution < 1.29 is 9.53 Å². The van der Waals surface area contributed by atoms with Crippen molar-refractivity contribution in [1.82, 2.24) is 19.1 Å². The van der Waals surface area contributed by atoms with Crippen LogP contribution in [0.3, 0.4) is 0 Å². The van der Waals surface area contributed by atoms with Crippen molar-refractivity contribution in [2.24, 2.45) is 0 Å². The van der Waals surface area contributed by atoms with Crippen LogP contribution in [0.25, 0.3) is 22.4 Å². The van der Waals surface area contributed by atoms with Gasteiger partial charge in [-0.3, -0.25) is 14.2 Å². The molecule has 0 bridgehead atoms. The lowest BCUT2D eigenvalue weighted by Gasteiger charge is -2.12. The number of aryl methyl sites for hydroxylation is 1. The molecule has 2 aromatic heterocycles. The highest BCUT2D eigenvalue weighted by Gasteiger charge is 2.17. The van der Waals surface area contributed by atoms with Crippen molar-refractivity contribution in [3.8, 4) is 11.4 Å². The van der Waals surface area contributed by atoms with E-state index in [1.165, 1.54) is 10.8 Å². The van der Waals surface area contributed by atoms with Gasteiger partial charge in [-0.05, 0) is 38.1 Å². The van der Waals surface area contributed by atoms with Crippen molar-refractivity contribution in [1.29, 1.82) is 0 Å². The van der Waals surface area contributed by atoms with Gasteiger partial charge < -0.3 is 4.74 Å². The monoisotopic (exact) mass is 388 g/mol. The molecule has 140 valence electrons. The molecule has 2 heterocycles. The molecule has 9 heteroatoms. The van der Waals surface area contributed by atoms with Gasteiger partial charge in [-0.2, -0.15) is 0 Å². The van der Waals surface area contributed by atoms with E-state index >= 15 is 0 Å². The summed E-state index contributed by atoms with van der Waals surface area (Å²) in [6.07, 6.45) is 1.36. The number of aromatic nitrogens is 4. The average Bonchev–Trinajstić information content (AvgIpc) is 2.66. The second kappa shape index (κ2) is 7.71. The molecule has 0 spiro atoms. The molecule has 0 radical (unpaired) electrons. The Balaban J connectivity index is 2.20. The molecule has 0 aliphatic carbocycles. The zero-order valence-corrected chi connectivity index (χ0v) is 15.6. The molecule has 0 saturated carbocycles. The Morgan fingerprint density at radius 3 is 2.48 bits per heavy atom. The van der Waals surface area contributed by atoms with Gasteiger partial charge in [0.15, 0.2) is 11.5 Å². The van der Waals surface area contributed by atoms with Crippen LogP contribution in [0.5, 0.6) is 0 Å². The normalized spacial score (nSPS) is 10.9. The Labute approximate surface area is 159 Å². The average molecular weight is 389 g/mol. The van der Waals surface area contributed by atoms with E-state index in [9.17, 15) is 14.4 Å². The van der Waals surface area contributed by atoms with Gasteiger partial charge in [0.05, 0.1) is 6.61 Å². The first kappa shape index (κ1) is 18.8. The number of esters is 1. The lowest BCUT2D eigenvalue weighted by atomic mass is 10.2. The number of rotatable bonds is 5. The molecule has 0 unspecified atom stereocenters. The number of fused-ring (bicyclic) bond motifs is 1. The second-order valence-corrected chi connectivity index (χ2v) is 6.10. The maximum absolute atomic E-state index is 12.7. The third kappa shape index (κ3) is 3.61. The number of carbonyl (C=O) groups excluding carboxylic acids is 1. The third-order valence-corrected chi connectivity index (χ3v) is 4.22. The Morgan fingerprint density at radius 2 is 1.85 bits per heavy atom. The van der Waals surface area contributed by atoms with Crippen molar-refractivity contribution >= 4 is 28.6 Å². The number of benzene rings is 1. The molecular weight excluding hydrogens is 372 g/mol. The van der Waals surface area contributed by atoms with Crippen LogP contribution < -0.4 is 11.2 Å². The lowest BCUT2D eigenvalue weighted by Crippen LogP contribution is -2.42. The molecule has 3 rings (SSSR count). The predicted molar refractivity (Wildman–Crippen MR) is 101 cm³/mol. The first-order valence-corrected chi connectivity index (χ1v) is 8.76. The fourth-order valence-corrected chi connectivity index (χ4v) is 2.82. The van der Waals surface area contributed by atoms with Crippen LogP contribution >= 0.6 is 11.6 Å². The Morgan fingerprint density at radius 1 is 1.15 bits per heavy atom. The number of carbonyl (C=O) groups is 1. The molecule has 0 saturated heterocycles. The fourth-order valence-electron chi connectivity index (χ4n) is 2.70. The minimum Gasteiger partial charge on any atom is -0.465 e. The lowest BCUT2D eigenvalue weighted by molar-refractivity contribution is -0.143. The van der Waals surface area contributed by atoms with Gasteiger partial charge in [-0.15, -0.1) is 0 Å². The molecule has 0 aliphatic heterocycles. The number of hydrogen-bond donors (Lipinski definition) is 0. The molecule has 0 amide bonds. The number of hydrogen-bond acceptors (Lipinski definition) is 6. The van der Waals surface area contributed by atoms with Crippen LogP contribution in [-0.4, -0.2) is 31.7 Å². The summed E-state index contributed by atoms with van der Waals surface area (Å²) < 4.78 is 7.01. The molecule has 0 fully saturated rings. The topological polar surface area (TPSA) is 96.1 Å². The Hall–Kier alpha value is -3.00. The van der Waals surface area contributed by atoms with E-state index in [-0.39, 0.29) is 24.2 Å². The Kier molecular flexibility index (Phi) is 5.36. The predicted octanol–water partition coefficient (Wildman–Crippen LogP) is 1.86. The number of halogens is 1. The summed E-state index contributed by atoms with van der Waals surface area (Å²) >= 11 is 5.90. The van der Waals surface area contributed by atoms with Crippen molar-refractivity contribution in [3.05, 3.63) is 56.3 Å². The van der Waals surface area contributed by atoms with Crippen LogP contribution in [0.1, 0.15) is 13.8 Å². The molecule has 8 nitrogen and oxygen atoms in total. The minimum absolute atomic E-state index is 0.151. The first-order chi connectivity index (χ1) is 13.0. The summed E-state index contributed by atoms with van der Waals surface area (Å²) in [5.74, 6) is -0.291. The fraction of sp³-hybridized carbons (Fsp3) is 0.278. The Bertz CT molecular complexity index is 1120. The highest BCUT2D eigenvalue weighted by molar-refractivity contribution is 6.30. The summed E-state index contributed by atoms with van der Waals surface area (Å²) in [5.41, 5.74) is -0.334. The molecule has 0 atom stereocenters. The molecule has 27 heavy (non-hydrogen) atoms. The van der Waals surface area contributed by atoms with Gasteiger partial charge in [0.1, 0.15) is 11.9 Å². The summed E-state index contributed by atoms with van der Waals surface area (Å²) in [6, 6.07) is 6.91. The standard InChI is InChI=1S/C18H17ClN4O4/c1-3-22-16-13(17(25)23(18(22)26)10-14(24)27-4-2)9-20-15(21-16)11-5-7-12(19)8-6-11/h5-9H,3-4,10H2,1-2H3. The van der Waals surface area contributed by atoms with E-state index in [0.717, 1.165) is 4.57 Å². The van der Waals surface area contributed by atoms with Crippen LogP contribution in [0.2, 0.25) is 5.02 Å². The van der Waals surface area contributed by atoms with Crippen LogP contribution in [-0.2, 0) is 22.6 Å². The summed E-state index contributed by atoms with van der Waals surface area (Å²) in [5, 5.41) is 0.727. The van der Waals surface area contributed by atoms with Gasteiger partial charge >= 0.3 is 11.7 Å². The summed E-state index contributed by atoms with van der Waals surface area (Å²) in [4.78, 5) is 45.8. The van der Waals surface area contributed by atoms with E-state index in [2.05, 4.69) is 9.97 Å². The van der Waals surface area contributed by atoms with E-state index < -0.39 is 23.8 Å². The highest BCUT2D eigenvalue weighted by Crippen LogP contribution is 2.19. The van der Waals surface area contributed by atoms with E-state index in [4.69, 9.17) is 16.3 Å². The van der Waals surface area contributed by atoms with Gasteiger partial charge in [0.25, 0.3) is 5.56 Å². The van der Waals surface area contributed by atoms with Gasteiger partial charge in [0.2, 0.25) is 0 Å². The van der Waals surface area contributed by atoms with Gasteiger partial charge in [0, 0.05) is 23.3 Å². The smallest absolute Gasteiger partial charge is 0.333 e. The minimum atomic E-state index is -0.655. The van der Waals surface area contributed by atoms with Crippen molar-refractivity contribution in [2.45, 2.75) is 26.9 Å². The quantitative estimate of drug-likeness (QED) is 0.619. The summed E-state index contributed by atoms with van der Waals surface area (Å²) in [6.45, 7) is 3.38. The largest absolute Gasteiger partial charge is 0.465 e. The molecular formula is C18H17ClN4O4. The molecule has 0 aliphatic rings. The third-order valence-electron chi connectivity index (χ3n) is 3.97. The van der Waals surface area contributed by atoms with Gasteiger partial charge in [-0.1, -0.05) is 11.6 Å². The first-order valence-electron chi connectivity index (χ1n) is 8.38. The second-order valence-electron chi connectivity index (χ2n) is 5.66. The maximum atomic E-state index is 12.7. The summed E-state index contributed by atoms with van der Waals surface area (Å²) in [7, 11) is 0. The highest BCUT2D eigenvalue weighted by atomic mass is 35.5.